The van der Waals surface area contributed by atoms with Crippen molar-refractivity contribution in [1.29, 1.82) is 0 Å². The lowest BCUT2D eigenvalue weighted by Crippen LogP contribution is -2.58. The highest BCUT2D eigenvalue weighted by Crippen LogP contribution is 2.60. The van der Waals surface area contributed by atoms with E-state index in [0.717, 1.165) is 4.88 Å². The average Bonchev–Trinajstić information content (AvgIpc) is 3.55. The number of amides is 3. The van der Waals surface area contributed by atoms with Crippen molar-refractivity contribution in [1.82, 2.24) is 10.6 Å². The van der Waals surface area contributed by atoms with Gasteiger partial charge in [0.15, 0.2) is 5.78 Å². The molecule has 3 amide bonds. The van der Waals surface area contributed by atoms with E-state index in [9.17, 15) is 19.2 Å². The number of ketones is 1. The van der Waals surface area contributed by atoms with Crippen LogP contribution in [0.2, 0.25) is 0 Å². The molecule has 5 rings (SSSR count). The normalized spacial score (nSPS) is 29.9. The van der Waals surface area contributed by atoms with Gasteiger partial charge in [-0.25, -0.2) is 0 Å². The first-order valence-electron chi connectivity index (χ1n) is 12.3. The molecule has 194 valence electrons. The quantitative estimate of drug-likeness (QED) is 0.449. The maximum atomic E-state index is 14.2. The fraction of sp³-hybridized carbons (Fsp3) is 0.429. The monoisotopic (exact) mass is 521 g/mol. The molecule has 1 aromatic carbocycles. The minimum absolute atomic E-state index is 0.155. The van der Waals surface area contributed by atoms with E-state index in [1.54, 1.807) is 43.3 Å². The molecule has 2 bridgehead atoms. The van der Waals surface area contributed by atoms with Gasteiger partial charge in [0, 0.05) is 21.7 Å². The van der Waals surface area contributed by atoms with Crippen LogP contribution in [0.15, 0.2) is 53.9 Å². The van der Waals surface area contributed by atoms with Crippen LogP contribution in [-0.4, -0.2) is 46.3 Å². The van der Waals surface area contributed by atoms with Crippen molar-refractivity contribution in [3.8, 4) is 0 Å². The largest absolute Gasteiger partial charge is 0.356 e. The van der Waals surface area contributed by atoms with Crippen LogP contribution >= 0.6 is 11.3 Å². The zero-order valence-corrected chi connectivity index (χ0v) is 22.3. The van der Waals surface area contributed by atoms with Crippen LogP contribution < -0.4 is 15.5 Å². The number of rotatable bonds is 6. The molecule has 2 saturated heterocycles. The van der Waals surface area contributed by atoms with E-state index in [-0.39, 0.29) is 23.5 Å². The molecule has 4 heterocycles. The Balaban J connectivity index is 1.57. The smallest absolute Gasteiger partial charge is 0.246 e. The standard InChI is InChI=1S/C28H31N3O5S/c1-16(32)17-8-6-9-18(14-17)31-22(24(34)30-26(2,3)4)28-12-11-27(5,36-28)20(21(28)25(31)35)23(33)29-15-19-10-7-13-37-19/h6-14,20-22H,15H2,1-5H3,(H,29,33)(H,30,34)/t20-,21-,22+,27+,28-/m0/s1. The van der Waals surface area contributed by atoms with Crippen LogP contribution in [0.1, 0.15) is 49.9 Å². The molecule has 0 saturated carbocycles. The van der Waals surface area contributed by atoms with E-state index in [4.69, 9.17) is 4.74 Å². The summed E-state index contributed by atoms with van der Waals surface area (Å²) in [6.07, 6.45) is 3.58. The van der Waals surface area contributed by atoms with Gasteiger partial charge in [-0.05, 0) is 58.2 Å². The molecule has 2 N–H and O–H groups in total. The van der Waals surface area contributed by atoms with Crippen LogP contribution in [0.25, 0.3) is 0 Å². The first-order chi connectivity index (χ1) is 17.4. The Kier molecular flexibility index (Phi) is 5.91. The lowest BCUT2D eigenvalue weighted by atomic mass is 9.70. The second-order valence-corrected chi connectivity index (χ2v) is 12.2. The molecule has 0 radical (unpaired) electrons. The summed E-state index contributed by atoms with van der Waals surface area (Å²) in [5, 5.41) is 7.90. The number of thiophene rings is 1. The Morgan fingerprint density at radius 3 is 2.51 bits per heavy atom. The molecule has 9 heteroatoms. The predicted molar refractivity (Wildman–Crippen MR) is 140 cm³/mol. The summed E-state index contributed by atoms with van der Waals surface area (Å²) in [6, 6.07) is 9.45. The molecular weight excluding hydrogens is 490 g/mol. The lowest BCUT2D eigenvalue weighted by molar-refractivity contribution is -0.134. The van der Waals surface area contributed by atoms with Crippen molar-refractivity contribution in [2.45, 2.75) is 63.9 Å². The van der Waals surface area contributed by atoms with Crippen molar-refractivity contribution in [3.63, 3.8) is 0 Å². The highest BCUT2D eigenvalue weighted by atomic mass is 32.1. The number of nitrogens with zero attached hydrogens (tertiary/aromatic N) is 1. The molecule has 5 atom stereocenters. The minimum atomic E-state index is -1.32. The molecule has 37 heavy (non-hydrogen) atoms. The number of Topliss-reactive ketones (excluding diaryl/α,β-unsaturated/α-hetero) is 1. The Morgan fingerprint density at radius 1 is 1.11 bits per heavy atom. The summed E-state index contributed by atoms with van der Waals surface area (Å²) in [4.78, 5) is 56.1. The van der Waals surface area contributed by atoms with Crippen molar-refractivity contribution in [3.05, 3.63) is 64.4 Å². The van der Waals surface area contributed by atoms with Gasteiger partial charge in [0.2, 0.25) is 17.7 Å². The summed E-state index contributed by atoms with van der Waals surface area (Å²) < 4.78 is 6.53. The third-order valence-corrected chi connectivity index (χ3v) is 8.15. The van der Waals surface area contributed by atoms with Crippen LogP contribution in [0, 0.1) is 11.8 Å². The van der Waals surface area contributed by atoms with E-state index in [1.165, 1.54) is 23.2 Å². The third kappa shape index (κ3) is 4.10. The number of benzene rings is 1. The molecule has 1 spiro atoms. The van der Waals surface area contributed by atoms with Crippen LogP contribution in [0.3, 0.4) is 0 Å². The van der Waals surface area contributed by atoms with Gasteiger partial charge in [-0.1, -0.05) is 30.4 Å². The van der Waals surface area contributed by atoms with E-state index in [2.05, 4.69) is 10.6 Å². The number of hydrogen-bond acceptors (Lipinski definition) is 6. The van der Waals surface area contributed by atoms with Gasteiger partial charge in [-0.15, -0.1) is 11.3 Å². The van der Waals surface area contributed by atoms with Gasteiger partial charge in [-0.3, -0.25) is 24.1 Å². The summed E-state index contributed by atoms with van der Waals surface area (Å²) in [6.45, 7) is 9.18. The van der Waals surface area contributed by atoms with Gasteiger partial charge in [0.05, 0.1) is 24.0 Å². The third-order valence-electron chi connectivity index (χ3n) is 7.27. The molecule has 3 aliphatic heterocycles. The molecule has 8 nitrogen and oxygen atoms in total. The molecule has 3 aliphatic rings. The van der Waals surface area contributed by atoms with Crippen molar-refractivity contribution >= 4 is 40.5 Å². The van der Waals surface area contributed by atoms with E-state index in [0.29, 0.717) is 17.8 Å². The maximum Gasteiger partial charge on any atom is 0.246 e. The number of carbonyl (C=O) groups is 4. The minimum Gasteiger partial charge on any atom is -0.356 e. The number of nitrogens with one attached hydrogen (secondary N) is 2. The number of ether oxygens (including phenoxy) is 1. The van der Waals surface area contributed by atoms with Gasteiger partial charge in [0.1, 0.15) is 11.6 Å². The maximum absolute atomic E-state index is 14.2. The van der Waals surface area contributed by atoms with Gasteiger partial charge in [-0.2, -0.15) is 0 Å². The highest BCUT2D eigenvalue weighted by Gasteiger charge is 2.76. The van der Waals surface area contributed by atoms with Crippen molar-refractivity contribution in [2.75, 3.05) is 4.90 Å². The molecule has 2 fully saturated rings. The van der Waals surface area contributed by atoms with Crippen LogP contribution in [0.4, 0.5) is 5.69 Å². The fourth-order valence-electron chi connectivity index (χ4n) is 5.82. The number of carbonyl (C=O) groups excluding carboxylic acids is 4. The summed E-state index contributed by atoms with van der Waals surface area (Å²) in [5.74, 6) is -2.93. The second-order valence-electron chi connectivity index (χ2n) is 11.2. The Bertz CT molecular complexity index is 1310. The SMILES string of the molecule is CC(=O)c1cccc(N2C(=O)[C@@H]3[C@@H](C(=O)NCc4cccs4)[C@@]4(C)C=C[C@@]3(O4)[C@H]2C(=O)NC(C)(C)C)c1. The first kappa shape index (κ1) is 25.4. The second kappa shape index (κ2) is 8.63. The Labute approximate surface area is 220 Å². The Morgan fingerprint density at radius 2 is 1.86 bits per heavy atom. The van der Waals surface area contributed by atoms with E-state index < -0.39 is 34.6 Å². The zero-order chi connectivity index (χ0) is 26.8. The van der Waals surface area contributed by atoms with Gasteiger partial charge in [0.25, 0.3) is 0 Å². The Hall–Kier alpha value is -3.30. The molecule has 1 aromatic heterocycles. The lowest BCUT2D eigenvalue weighted by Gasteiger charge is -2.35. The van der Waals surface area contributed by atoms with Gasteiger partial charge < -0.3 is 15.4 Å². The number of fused-ring (bicyclic) bond motifs is 1. The van der Waals surface area contributed by atoms with E-state index in [1.807, 2.05) is 38.3 Å². The van der Waals surface area contributed by atoms with Gasteiger partial charge >= 0.3 is 0 Å². The highest BCUT2D eigenvalue weighted by molar-refractivity contribution is 7.09. The van der Waals surface area contributed by atoms with Crippen LogP contribution in [-0.2, 0) is 25.7 Å². The zero-order valence-electron chi connectivity index (χ0n) is 21.5. The van der Waals surface area contributed by atoms with E-state index >= 15 is 0 Å². The fourth-order valence-corrected chi connectivity index (χ4v) is 6.47. The summed E-state index contributed by atoms with van der Waals surface area (Å²) in [5.41, 5.74) is -2.08. The number of anilines is 1. The molecule has 0 aliphatic carbocycles. The molecule has 2 aromatic rings. The summed E-state index contributed by atoms with van der Waals surface area (Å²) in [7, 11) is 0. The van der Waals surface area contributed by atoms with Crippen molar-refractivity contribution < 1.29 is 23.9 Å². The van der Waals surface area contributed by atoms with Crippen molar-refractivity contribution in [2.24, 2.45) is 11.8 Å². The molecular formula is C28H31N3O5S. The van der Waals surface area contributed by atoms with Crippen LogP contribution in [0.5, 0.6) is 0 Å². The molecule has 0 unspecified atom stereocenters. The number of hydrogen-bond donors (Lipinski definition) is 2. The summed E-state index contributed by atoms with van der Waals surface area (Å²) >= 11 is 1.54. The topological polar surface area (TPSA) is 105 Å². The first-order valence-corrected chi connectivity index (χ1v) is 13.2. The average molecular weight is 522 g/mol. The predicted octanol–water partition coefficient (Wildman–Crippen LogP) is 3.23.